The first-order valence-electron chi connectivity index (χ1n) is 10.7. The van der Waals surface area contributed by atoms with Gasteiger partial charge >= 0.3 is 6.09 Å². The Kier molecular flexibility index (Phi) is 10.4. The Hall–Kier alpha value is -2.56. The van der Waals surface area contributed by atoms with Crippen molar-refractivity contribution < 1.29 is 14.3 Å². The second-order valence-corrected chi connectivity index (χ2v) is 8.65. The molecule has 1 amide bonds. The van der Waals surface area contributed by atoms with Crippen LogP contribution >= 0.6 is 0 Å². The molecule has 0 unspecified atom stereocenters. The van der Waals surface area contributed by atoms with Crippen molar-refractivity contribution in [3.63, 3.8) is 0 Å². The number of nitrogens with one attached hydrogen (secondary N) is 1. The number of aryl methyl sites for hydroxylation is 1. The second kappa shape index (κ2) is 12.2. The molecule has 1 aromatic rings. The van der Waals surface area contributed by atoms with E-state index in [1.54, 1.807) is 11.8 Å². The van der Waals surface area contributed by atoms with Crippen molar-refractivity contribution in [3.8, 4) is 0 Å². The van der Waals surface area contributed by atoms with Gasteiger partial charge in [-0.05, 0) is 66.4 Å². The summed E-state index contributed by atoms with van der Waals surface area (Å²) in [4.78, 5) is 25.8. The molecule has 0 saturated heterocycles. The highest BCUT2D eigenvalue weighted by molar-refractivity contribution is 5.73. The third kappa shape index (κ3) is 9.29. The minimum atomic E-state index is -0.560. The van der Waals surface area contributed by atoms with Gasteiger partial charge in [-0.1, -0.05) is 42.8 Å². The fourth-order valence-electron chi connectivity index (χ4n) is 2.78. The highest BCUT2D eigenvalue weighted by Gasteiger charge is 2.23. The average Bonchev–Trinajstić information content (AvgIpc) is 2.70. The second-order valence-electron chi connectivity index (χ2n) is 8.65. The molecular weight excluding hydrogens is 376 g/mol. The number of amides is 1. The maximum absolute atomic E-state index is 12.9. The summed E-state index contributed by atoms with van der Waals surface area (Å²) in [6, 6.07) is 10.3. The Morgan fingerprint density at radius 1 is 1.13 bits per heavy atom. The summed E-state index contributed by atoms with van der Waals surface area (Å²) in [5.74, 6) is 0. The molecule has 5 heteroatoms. The van der Waals surface area contributed by atoms with E-state index in [-0.39, 0.29) is 6.09 Å². The van der Waals surface area contributed by atoms with E-state index in [0.29, 0.717) is 18.7 Å². The van der Waals surface area contributed by atoms with Crippen LogP contribution in [0.5, 0.6) is 0 Å². The Morgan fingerprint density at radius 3 is 2.30 bits per heavy atom. The van der Waals surface area contributed by atoms with E-state index in [2.05, 4.69) is 24.4 Å². The standard InChI is InChI=1S/C25H38N2O3/c1-8-19(2)23(26-21(4)20(3)18-28)17-27(24(29)30-25(5,6)7)16-12-15-22-13-10-9-11-14-22/h9-11,13-14,18,26H,8,12,15-17H2,1-7H3/b21-20+,23-19?. The highest BCUT2D eigenvalue weighted by Crippen LogP contribution is 2.16. The summed E-state index contributed by atoms with van der Waals surface area (Å²) in [6.07, 6.45) is 3.09. The first-order valence-corrected chi connectivity index (χ1v) is 10.7. The molecule has 1 rings (SSSR count). The minimum Gasteiger partial charge on any atom is -0.444 e. The van der Waals surface area contributed by atoms with Crippen LogP contribution in [-0.4, -0.2) is 36.0 Å². The Labute approximate surface area is 182 Å². The van der Waals surface area contributed by atoms with Gasteiger partial charge in [0.15, 0.2) is 0 Å². The number of carbonyl (C=O) groups excluding carboxylic acids is 2. The summed E-state index contributed by atoms with van der Waals surface area (Å²) >= 11 is 0. The summed E-state index contributed by atoms with van der Waals surface area (Å²) in [6.45, 7) is 14.4. The van der Waals surface area contributed by atoms with Gasteiger partial charge in [-0.15, -0.1) is 0 Å². The van der Waals surface area contributed by atoms with Gasteiger partial charge in [0.2, 0.25) is 0 Å². The van der Waals surface area contributed by atoms with E-state index in [9.17, 15) is 9.59 Å². The number of aldehydes is 1. The molecular formula is C25H38N2O3. The molecule has 0 aliphatic heterocycles. The lowest BCUT2D eigenvalue weighted by molar-refractivity contribution is -0.104. The summed E-state index contributed by atoms with van der Waals surface area (Å²) in [7, 11) is 0. The zero-order chi connectivity index (χ0) is 22.7. The van der Waals surface area contributed by atoms with Crippen LogP contribution in [0.4, 0.5) is 4.79 Å². The molecule has 0 aliphatic carbocycles. The van der Waals surface area contributed by atoms with Crippen molar-refractivity contribution in [2.45, 2.75) is 73.3 Å². The lowest BCUT2D eigenvalue weighted by Crippen LogP contribution is -2.40. The zero-order valence-electron chi connectivity index (χ0n) is 19.7. The van der Waals surface area contributed by atoms with Crippen LogP contribution in [0.2, 0.25) is 0 Å². The summed E-state index contributed by atoms with van der Waals surface area (Å²) < 4.78 is 5.66. The predicted molar refractivity (Wildman–Crippen MR) is 123 cm³/mol. The third-order valence-electron chi connectivity index (χ3n) is 4.89. The highest BCUT2D eigenvalue weighted by atomic mass is 16.6. The van der Waals surface area contributed by atoms with E-state index in [1.165, 1.54) is 5.56 Å². The monoisotopic (exact) mass is 414 g/mol. The van der Waals surface area contributed by atoms with Gasteiger partial charge in [-0.25, -0.2) is 4.79 Å². The SMILES string of the molecule is CCC(C)=C(CN(CCCc1ccccc1)C(=O)OC(C)(C)C)N/C(C)=C(\C)C=O. The van der Waals surface area contributed by atoms with Crippen LogP contribution in [0.25, 0.3) is 0 Å². The average molecular weight is 415 g/mol. The van der Waals surface area contributed by atoms with Crippen LogP contribution in [0.3, 0.4) is 0 Å². The lowest BCUT2D eigenvalue weighted by atomic mass is 10.1. The molecule has 0 atom stereocenters. The first kappa shape index (κ1) is 25.5. The lowest BCUT2D eigenvalue weighted by Gasteiger charge is -2.29. The quantitative estimate of drug-likeness (QED) is 0.399. The topological polar surface area (TPSA) is 58.6 Å². The molecule has 5 nitrogen and oxygen atoms in total. The van der Waals surface area contributed by atoms with Gasteiger partial charge < -0.3 is 15.0 Å². The predicted octanol–water partition coefficient (Wildman–Crippen LogP) is 5.62. The van der Waals surface area contributed by atoms with Crippen molar-refractivity contribution >= 4 is 12.4 Å². The number of benzene rings is 1. The number of hydrogen-bond donors (Lipinski definition) is 1. The molecule has 0 spiro atoms. The van der Waals surface area contributed by atoms with E-state index in [4.69, 9.17) is 4.74 Å². The molecule has 1 N–H and O–H groups in total. The number of carbonyl (C=O) groups is 2. The van der Waals surface area contributed by atoms with Crippen LogP contribution in [0, 0.1) is 0 Å². The third-order valence-corrected chi connectivity index (χ3v) is 4.89. The maximum atomic E-state index is 12.9. The van der Waals surface area contributed by atoms with E-state index in [1.807, 2.05) is 52.8 Å². The van der Waals surface area contributed by atoms with Crippen molar-refractivity contribution in [3.05, 3.63) is 58.4 Å². The molecule has 0 saturated carbocycles. The molecule has 0 bridgehead atoms. The van der Waals surface area contributed by atoms with Gasteiger partial charge in [-0.3, -0.25) is 4.79 Å². The van der Waals surface area contributed by atoms with Gasteiger partial charge in [-0.2, -0.15) is 0 Å². The van der Waals surface area contributed by atoms with Gasteiger partial charge in [0.05, 0.1) is 6.54 Å². The smallest absolute Gasteiger partial charge is 0.410 e. The first-order chi connectivity index (χ1) is 14.1. The van der Waals surface area contributed by atoms with Crippen LogP contribution in [0.15, 0.2) is 52.9 Å². The largest absolute Gasteiger partial charge is 0.444 e. The fourth-order valence-corrected chi connectivity index (χ4v) is 2.78. The molecule has 0 fully saturated rings. The van der Waals surface area contributed by atoms with Crippen molar-refractivity contribution in [2.75, 3.05) is 13.1 Å². The van der Waals surface area contributed by atoms with Crippen LogP contribution in [0.1, 0.15) is 66.9 Å². The minimum absolute atomic E-state index is 0.326. The van der Waals surface area contributed by atoms with E-state index in [0.717, 1.165) is 42.5 Å². The van der Waals surface area contributed by atoms with Crippen LogP contribution in [-0.2, 0) is 16.0 Å². The fraction of sp³-hybridized carbons (Fsp3) is 0.520. The molecule has 0 aliphatic rings. The zero-order valence-corrected chi connectivity index (χ0v) is 19.7. The van der Waals surface area contributed by atoms with Crippen LogP contribution < -0.4 is 5.32 Å². The molecule has 166 valence electrons. The van der Waals surface area contributed by atoms with Gasteiger partial charge in [0.25, 0.3) is 0 Å². The number of hydrogen-bond acceptors (Lipinski definition) is 4. The maximum Gasteiger partial charge on any atom is 0.410 e. The normalized spacial score (nSPS) is 13.2. The molecule has 0 radical (unpaired) electrons. The molecule has 0 aromatic heterocycles. The van der Waals surface area contributed by atoms with Crippen molar-refractivity contribution in [2.24, 2.45) is 0 Å². The molecule has 1 aromatic carbocycles. The Balaban J connectivity index is 3.01. The Morgan fingerprint density at radius 2 is 1.77 bits per heavy atom. The van der Waals surface area contributed by atoms with Crippen molar-refractivity contribution in [1.29, 1.82) is 0 Å². The Bertz CT molecular complexity index is 758. The molecule has 0 heterocycles. The van der Waals surface area contributed by atoms with E-state index < -0.39 is 5.60 Å². The van der Waals surface area contributed by atoms with E-state index >= 15 is 0 Å². The number of nitrogens with zero attached hydrogens (tertiary/aromatic N) is 1. The van der Waals surface area contributed by atoms with Gasteiger partial charge in [0.1, 0.15) is 11.9 Å². The summed E-state index contributed by atoms with van der Waals surface area (Å²) in [5, 5.41) is 3.35. The number of allylic oxidation sites excluding steroid dienone is 3. The molecule has 30 heavy (non-hydrogen) atoms. The van der Waals surface area contributed by atoms with Crippen molar-refractivity contribution in [1.82, 2.24) is 10.2 Å². The number of ether oxygens (including phenoxy) is 1. The summed E-state index contributed by atoms with van der Waals surface area (Å²) in [5.41, 5.74) is 4.20. The van der Waals surface area contributed by atoms with Gasteiger partial charge in [0, 0.05) is 23.5 Å². The number of rotatable bonds is 10.